The molecule has 0 bridgehead atoms. The Hall–Kier alpha value is -1.12. The zero-order valence-corrected chi connectivity index (χ0v) is 14.3. The number of rotatable bonds is 4. The van der Waals surface area contributed by atoms with Crippen molar-refractivity contribution in [2.24, 2.45) is 0 Å². The van der Waals surface area contributed by atoms with E-state index in [-0.39, 0.29) is 18.4 Å². The number of aromatic nitrogens is 1. The molecule has 0 radical (unpaired) electrons. The molecule has 2 fully saturated rings. The van der Waals surface area contributed by atoms with Gasteiger partial charge in [0.25, 0.3) is 0 Å². The van der Waals surface area contributed by atoms with E-state index in [2.05, 4.69) is 15.3 Å². The monoisotopic (exact) mass is 340 g/mol. The van der Waals surface area contributed by atoms with Crippen LogP contribution in [0.15, 0.2) is 5.38 Å². The van der Waals surface area contributed by atoms with Crippen LogP contribution in [0.5, 0.6) is 0 Å². The lowest BCUT2D eigenvalue weighted by Gasteiger charge is -2.35. The van der Waals surface area contributed by atoms with E-state index in [9.17, 15) is 9.59 Å². The van der Waals surface area contributed by atoms with Crippen LogP contribution < -0.4 is 0 Å². The second-order valence-corrected chi connectivity index (χ2v) is 7.60. The summed E-state index contributed by atoms with van der Waals surface area (Å²) in [7, 11) is 0. The van der Waals surface area contributed by atoms with Gasteiger partial charge in [0.2, 0.25) is 11.8 Å². The van der Waals surface area contributed by atoms with Gasteiger partial charge in [-0.2, -0.15) is 0 Å². The summed E-state index contributed by atoms with van der Waals surface area (Å²) in [4.78, 5) is 34.2. The highest BCUT2D eigenvalue weighted by Crippen LogP contribution is 2.16. The molecule has 2 aliphatic rings. The normalized spacial score (nSPS) is 20.0. The van der Waals surface area contributed by atoms with Crippen LogP contribution in [0.4, 0.5) is 0 Å². The highest BCUT2D eigenvalue weighted by atomic mass is 32.2. The number of thiazole rings is 1. The molecule has 8 heteroatoms. The first-order valence-electron chi connectivity index (χ1n) is 7.38. The van der Waals surface area contributed by atoms with Crippen molar-refractivity contribution in [3.05, 3.63) is 16.1 Å². The van der Waals surface area contributed by atoms with E-state index in [0.717, 1.165) is 43.4 Å². The molecular formula is C14H20N4O2S2. The summed E-state index contributed by atoms with van der Waals surface area (Å²) in [6.45, 7) is 6.30. The van der Waals surface area contributed by atoms with E-state index >= 15 is 0 Å². The largest absolute Gasteiger partial charge is 0.339 e. The average molecular weight is 340 g/mol. The van der Waals surface area contributed by atoms with Crippen molar-refractivity contribution in [2.75, 3.05) is 44.4 Å². The molecule has 0 atom stereocenters. The lowest BCUT2D eigenvalue weighted by atomic mass is 10.3. The topological polar surface area (TPSA) is 56.8 Å². The first kappa shape index (κ1) is 15.8. The molecule has 3 heterocycles. The first-order chi connectivity index (χ1) is 10.6. The minimum absolute atomic E-state index is 0.0694. The first-order valence-corrected chi connectivity index (χ1v) is 9.42. The molecule has 1 aromatic heterocycles. The number of aryl methyl sites for hydroxylation is 1. The average Bonchev–Trinajstić information content (AvgIpc) is 3.09. The Morgan fingerprint density at radius 1 is 1.32 bits per heavy atom. The van der Waals surface area contributed by atoms with Crippen molar-refractivity contribution >= 4 is 34.9 Å². The quantitative estimate of drug-likeness (QED) is 0.805. The standard InChI is InChI=1S/C14H20N4O2S2/c1-11-15-12(8-22-11)6-16-2-4-17(5-3-16)13(19)7-18-10-21-9-14(18)20/h8H,2-7,9-10H2,1H3. The summed E-state index contributed by atoms with van der Waals surface area (Å²) in [5.41, 5.74) is 1.11. The van der Waals surface area contributed by atoms with Crippen LogP contribution in [0.2, 0.25) is 0 Å². The third kappa shape index (κ3) is 3.80. The van der Waals surface area contributed by atoms with Gasteiger partial charge < -0.3 is 9.80 Å². The zero-order chi connectivity index (χ0) is 15.5. The Bertz CT molecular complexity index is 555. The Labute approximate surface area is 138 Å². The fourth-order valence-corrected chi connectivity index (χ4v) is 4.18. The lowest BCUT2D eigenvalue weighted by Crippen LogP contribution is -2.51. The number of piperazine rings is 1. The summed E-state index contributed by atoms with van der Waals surface area (Å²) in [6, 6.07) is 0. The van der Waals surface area contributed by atoms with E-state index in [4.69, 9.17) is 0 Å². The van der Waals surface area contributed by atoms with Gasteiger partial charge in [-0.1, -0.05) is 0 Å². The fraction of sp³-hybridized carbons (Fsp3) is 0.643. The van der Waals surface area contributed by atoms with Crippen LogP contribution in [-0.2, 0) is 16.1 Å². The Balaban J connectivity index is 1.44. The van der Waals surface area contributed by atoms with Gasteiger partial charge in [0.15, 0.2) is 0 Å². The third-order valence-electron chi connectivity index (χ3n) is 3.93. The van der Waals surface area contributed by atoms with Crippen LogP contribution >= 0.6 is 23.1 Å². The van der Waals surface area contributed by atoms with Crippen molar-refractivity contribution in [2.45, 2.75) is 13.5 Å². The minimum atomic E-state index is 0.0694. The maximum atomic E-state index is 12.3. The predicted octanol–water partition coefficient (Wildman–Crippen LogP) is 0.629. The summed E-state index contributed by atoms with van der Waals surface area (Å²) in [5.74, 6) is 1.30. The molecule has 22 heavy (non-hydrogen) atoms. The molecule has 0 aliphatic carbocycles. The van der Waals surface area contributed by atoms with Crippen LogP contribution in [0.3, 0.4) is 0 Å². The molecule has 2 saturated heterocycles. The lowest BCUT2D eigenvalue weighted by molar-refractivity contribution is -0.139. The highest BCUT2D eigenvalue weighted by Gasteiger charge is 2.27. The summed E-state index contributed by atoms with van der Waals surface area (Å²) in [6.07, 6.45) is 0. The van der Waals surface area contributed by atoms with Gasteiger partial charge in [-0.15, -0.1) is 23.1 Å². The van der Waals surface area contributed by atoms with Crippen LogP contribution in [0.1, 0.15) is 10.7 Å². The molecule has 0 N–H and O–H groups in total. The molecule has 0 aromatic carbocycles. The molecular weight excluding hydrogens is 320 g/mol. The zero-order valence-electron chi connectivity index (χ0n) is 12.7. The Kier molecular flexibility index (Phi) is 5.00. The predicted molar refractivity (Wildman–Crippen MR) is 87.7 cm³/mol. The van der Waals surface area contributed by atoms with Gasteiger partial charge in [0.1, 0.15) is 6.54 Å². The summed E-state index contributed by atoms with van der Waals surface area (Å²) in [5, 5.41) is 3.20. The van der Waals surface area contributed by atoms with Crippen molar-refractivity contribution in [3.63, 3.8) is 0 Å². The number of carbonyl (C=O) groups is 2. The van der Waals surface area contributed by atoms with Crippen molar-refractivity contribution in [3.8, 4) is 0 Å². The summed E-state index contributed by atoms with van der Waals surface area (Å²) < 4.78 is 0. The number of nitrogens with zero attached hydrogens (tertiary/aromatic N) is 4. The molecule has 2 amide bonds. The van der Waals surface area contributed by atoms with Gasteiger partial charge >= 0.3 is 0 Å². The van der Waals surface area contributed by atoms with Gasteiger partial charge in [0, 0.05) is 38.1 Å². The molecule has 0 unspecified atom stereocenters. The number of amides is 2. The van der Waals surface area contributed by atoms with Gasteiger partial charge in [-0.05, 0) is 6.92 Å². The van der Waals surface area contributed by atoms with E-state index in [1.807, 2.05) is 11.8 Å². The van der Waals surface area contributed by atoms with Crippen molar-refractivity contribution in [1.29, 1.82) is 0 Å². The summed E-state index contributed by atoms with van der Waals surface area (Å²) >= 11 is 3.25. The number of carbonyl (C=O) groups excluding carboxylic acids is 2. The molecule has 1 aromatic rings. The maximum Gasteiger partial charge on any atom is 0.242 e. The van der Waals surface area contributed by atoms with E-state index < -0.39 is 0 Å². The van der Waals surface area contributed by atoms with Gasteiger partial charge in [0.05, 0.1) is 22.3 Å². The van der Waals surface area contributed by atoms with Crippen LogP contribution in [0, 0.1) is 6.92 Å². The van der Waals surface area contributed by atoms with E-state index in [1.54, 1.807) is 28.0 Å². The smallest absolute Gasteiger partial charge is 0.242 e. The maximum absolute atomic E-state index is 12.3. The van der Waals surface area contributed by atoms with E-state index in [0.29, 0.717) is 11.6 Å². The van der Waals surface area contributed by atoms with Crippen LogP contribution in [0.25, 0.3) is 0 Å². The van der Waals surface area contributed by atoms with E-state index in [1.165, 1.54) is 0 Å². The highest BCUT2D eigenvalue weighted by molar-refractivity contribution is 8.00. The Morgan fingerprint density at radius 2 is 2.09 bits per heavy atom. The fourth-order valence-electron chi connectivity index (χ4n) is 2.67. The number of hydrogen-bond acceptors (Lipinski definition) is 6. The van der Waals surface area contributed by atoms with Crippen LogP contribution in [-0.4, -0.2) is 75.9 Å². The number of hydrogen-bond donors (Lipinski definition) is 0. The molecule has 120 valence electrons. The minimum Gasteiger partial charge on any atom is -0.339 e. The van der Waals surface area contributed by atoms with Crippen molar-refractivity contribution in [1.82, 2.24) is 19.7 Å². The molecule has 0 saturated carbocycles. The van der Waals surface area contributed by atoms with Gasteiger partial charge in [-0.25, -0.2) is 4.98 Å². The number of thioether (sulfide) groups is 1. The van der Waals surface area contributed by atoms with Gasteiger partial charge in [-0.3, -0.25) is 14.5 Å². The molecule has 0 spiro atoms. The second kappa shape index (κ2) is 6.97. The third-order valence-corrected chi connectivity index (χ3v) is 5.70. The SMILES string of the molecule is Cc1nc(CN2CCN(C(=O)CN3CSCC3=O)CC2)cs1. The van der Waals surface area contributed by atoms with Crippen molar-refractivity contribution < 1.29 is 9.59 Å². The molecule has 6 nitrogen and oxygen atoms in total. The second-order valence-electron chi connectivity index (χ2n) is 5.58. The molecule has 3 rings (SSSR count). The molecule has 2 aliphatic heterocycles. The Morgan fingerprint density at radius 3 is 2.68 bits per heavy atom.